The summed E-state index contributed by atoms with van der Waals surface area (Å²) in [4.78, 5) is 22.1. The minimum atomic E-state index is 0.0446. The molecular formula is C25H28N6O. The van der Waals surface area contributed by atoms with Crippen molar-refractivity contribution >= 4 is 16.9 Å². The summed E-state index contributed by atoms with van der Waals surface area (Å²) in [5.41, 5.74) is 4.59. The number of piperidine rings is 1. The fourth-order valence-electron chi connectivity index (χ4n) is 4.76. The van der Waals surface area contributed by atoms with Crippen LogP contribution >= 0.6 is 0 Å². The van der Waals surface area contributed by atoms with E-state index in [1.165, 1.54) is 4.80 Å². The molecule has 1 aliphatic heterocycles. The number of likely N-dealkylation sites (tertiary alicyclic amines) is 1. The van der Waals surface area contributed by atoms with E-state index in [1.807, 2.05) is 42.2 Å². The van der Waals surface area contributed by atoms with Gasteiger partial charge in [0, 0.05) is 26.1 Å². The molecule has 0 bridgehead atoms. The third-order valence-corrected chi connectivity index (χ3v) is 6.61. The van der Waals surface area contributed by atoms with Crippen LogP contribution < -0.4 is 0 Å². The Bertz CT molecular complexity index is 1260. The van der Waals surface area contributed by atoms with Crippen LogP contribution in [-0.4, -0.2) is 47.9 Å². The molecule has 1 aliphatic rings. The first-order chi connectivity index (χ1) is 15.5. The predicted octanol–water partition coefficient (Wildman–Crippen LogP) is 3.95. The van der Waals surface area contributed by atoms with Crippen LogP contribution in [0.5, 0.6) is 0 Å². The van der Waals surface area contributed by atoms with Gasteiger partial charge in [-0.1, -0.05) is 23.8 Å². The SMILES string of the molecule is Cc1ccc(-n2nccn2)c(C(=O)N2C[C@H](Cc3nc4ccccc4n3C)CC[C@H]2C)c1. The van der Waals surface area contributed by atoms with Crippen LogP contribution in [0.15, 0.2) is 54.9 Å². The summed E-state index contributed by atoms with van der Waals surface area (Å²) in [5, 5.41) is 8.50. The summed E-state index contributed by atoms with van der Waals surface area (Å²) in [7, 11) is 2.08. The van der Waals surface area contributed by atoms with Gasteiger partial charge in [0.05, 0.1) is 34.7 Å². The highest BCUT2D eigenvalue weighted by atomic mass is 16.2. The summed E-state index contributed by atoms with van der Waals surface area (Å²) in [6.07, 6.45) is 6.20. The predicted molar refractivity (Wildman–Crippen MR) is 124 cm³/mol. The lowest BCUT2D eigenvalue weighted by molar-refractivity contribution is 0.0557. The Morgan fingerprint density at radius 1 is 1.09 bits per heavy atom. The standard InChI is InChI=1S/C25H28N6O/c1-17-8-11-22(31-26-12-13-27-31)20(14-17)25(32)30-16-19(10-9-18(30)2)15-24-28-21-6-4-5-7-23(21)29(24)3/h4-8,11-14,18-19H,9-10,15-16H2,1-3H3/t18-,19+/m1/s1. The Kier molecular flexibility index (Phi) is 5.25. The summed E-state index contributed by atoms with van der Waals surface area (Å²) in [5.74, 6) is 1.50. The molecule has 164 valence electrons. The number of aryl methyl sites for hydroxylation is 2. The Labute approximate surface area is 187 Å². The van der Waals surface area contributed by atoms with Gasteiger partial charge in [-0.3, -0.25) is 4.79 Å². The van der Waals surface area contributed by atoms with Crippen molar-refractivity contribution in [1.29, 1.82) is 0 Å². The van der Waals surface area contributed by atoms with Gasteiger partial charge in [-0.15, -0.1) is 0 Å². The Hall–Kier alpha value is -3.48. The number of carbonyl (C=O) groups is 1. The molecule has 0 spiro atoms. The van der Waals surface area contributed by atoms with Crippen LogP contribution in [0.2, 0.25) is 0 Å². The number of amides is 1. The molecule has 1 amide bonds. The van der Waals surface area contributed by atoms with Crippen molar-refractivity contribution in [2.24, 2.45) is 13.0 Å². The lowest BCUT2D eigenvalue weighted by Crippen LogP contribution is -2.46. The van der Waals surface area contributed by atoms with E-state index in [-0.39, 0.29) is 11.9 Å². The lowest BCUT2D eigenvalue weighted by atomic mass is 9.90. The Morgan fingerprint density at radius 2 is 1.88 bits per heavy atom. The van der Waals surface area contributed by atoms with Crippen molar-refractivity contribution in [3.63, 3.8) is 0 Å². The average Bonchev–Trinajstić information content (AvgIpc) is 3.44. The van der Waals surface area contributed by atoms with Crippen molar-refractivity contribution in [3.8, 4) is 5.69 Å². The van der Waals surface area contributed by atoms with E-state index < -0.39 is 0 Å². The van der Waals surface area contributed by atoms with Crippen molar-refractivity contribution in [3.05, 3.63) is 71.8 Å². The molecule has 5 rings (SSSR count). The molecule has 32 heavy (non-hydrogen) atoms. The van der Waals surface area contributed by atoms with Crippen molar-refractivity contribution in [2.45, 2.75) is 39.2 Å². The topological polar surface area (TPSA) is 68.8 Å². The molecule has 1 saturated heterocycles. The quantitative estimate of drug-likeness (QED) is 0.494. The van der Waals surface area contributed by atoms with Crippen LogP contribution in [-0.2, 0) is 13.5 Å². The van der Waals surface area contributed by atoms with Gasteiger partial charge in [-0.2, -0.15) is 15.0 Å². The number of hydrogen-bond acceptors (Lipinski definition) is 4. The third-order valence-electron chi connectivity index (χ3n) is 6.61. The lowest BCUT2D eigenvalue weighted by Gasteiger charge is -2.38. The molecule has 0 unspecified atom stereocenters. The maximum Gasteiger partial charge on any atom is 0.256 e. The largest absolute Gasteiger partial charge is 0.336 e. The van der Waals surface area contributed by atoms with Gasteiger partial charge >= 0.3 is 0 Å². The highest BCUT2D eigenvalue weighted by molar-refractivity contribution is 5.98. The molecule has 7 heteroatoms. The monoisotopic (exact) mass is 428 g/mol. The number of fused-ring (bicyclic) bond motifs is 1. The number of aromatic nitrogens is 5. The van der Waals surface area contributed by atoms with Gasteiger partial charge in [0.1, 0.15) is 5.82 Å². The Morgan fingerprint density at radius 3 is 2.66 bits per heavy atom. The van der Waals surface area contributed by atoms with Crippen LogP contribution in [0.25, 0.3) is 16.7 Å². The summed E-state index contributed by atoms with van der Waals surface area (Å²) in [6, 6.07) is 14.3. The van der Waals surface area contributed by atoms with Gasteiger partial charge in [-0.05, 0) is 56.9 Å². The summed E-state index contributed by atoms with van der Waals surface area (Å²) >= 11 is 0. The van der Waals surface area contributed by atoms with Crippen LogP contribution in [0.1, 0.15) is 41.5 Å². The van der Waals surface area contributed by atoms with Crippen LogP contribution in [0.3, 0.4) is 0 Å². The highest BCUT2D eigenvalue weighted by Crippen LogP contribution is 2.28. The molecule has 3 heterocycles. The van der Waals surface area contributed by atoms with E-state index in [9.17, 15) is 4.79 Å². The van der Waals surface area contributed by atoms with E-state index >= 15 is 0 Å². The molecule has 4 aromatic rings. The van der Waals surface area contributed by atoms with E-state index in [0.29, 0.717) is 11.5 Å². The smallest absolute Gasteiger partial charge is 0.256 e. The molecule has 1 fully saturated rings. The summed E-state index contributed by atoms with van der Waals surface area (Å²) in [6.45, 7) is 4.87. The van der Waals surface area contributed by atoms with Crippen molar-refractivity contribution in [1.82, 2.24) is 29.4 Å². The molecular weight excluding hydrogens is 400 g/mol. The number of hydrogen-bond donors (Lipinski definition) is 0. The first-order valence-corrected chi connectivity index (χ1v) is 11.2. The number of rotatable bonds is 4. The molecule has 2 aromatic heterocycles. The van der Waals surface area contributed by atoms with Crippen molar-refractivity contribution < 1.29 is 4.79 Å². The minimum absolute atomic E-state index is 0.0446. The average molecular weight is 429 g/mol. The molecule has 7 nitrogen and oxygen atoms in total. The van der Waals surface area contributed by atoms with E-state index in [4.69, 9.17) is 4.98 Å². The zero-order chi connectivity index (χ0) is 22.2. The molecule has 0 N–H and O–H groups in total. The maximum atomic E-state index is 13.7. The molecule has 0 aliphatic carbocycles. The summed E-state index contributed by atoms with van der Waals surface area (Å²) < 4.78 is 2.18. The molecule has 0 saturated carbocycles. The fourth-order valence-corrected chi connectivity index (χ4v) is 4.76. The van der Waals surface area contributed by atoms with Gasteiger partial charge in [0.25, 0.3) is 5.91 Å². The second kappa shape index (κ2) is 8.22. The first kappa shape index (κ1) is 20.4. The maximum absolute atomic E-state index is 13.7. The Balaban J connectivity index is 1.41. The molecule has 2 aromatic carbocycles. The highest BCUT2D eigenvalue weighted by Gasteiger charge is 2.32. The second-order valence-electron chi connectivity index (χ2n) is 8.87. The number of carbonyl (C=O) groups excluding carboxylic acids is 1. The molecule has 0 radical (unpaired) electrons. The third kappa shape index (κ3) is 3.68. The number of nitrogens with zero attached hydrogens (tertiary/aromatic N) is 6. The fraction of sp³-hybridized carbons (Fsp3) is 0.360. The number of benzene rings is 2. The number of para-hydroxylation sites is 2. The van der Waals surface area contributed by atoms with Gasteiger partial charge in [0.15, 0.2) is 0 Å². The van der Waals surface area contributed by atoms with Gasteiger partial charge in [0.2, 0.25) is 0 Å². The normalized spacial score (nSPS) is 18.9. The van der Waals surface area contributed by atoms with Crippen molar-refractivity contribution in [2.75, 3.05) is 6.54 Å². The second-order valence-corrected chi connectivity index (χ2v) is 8.87. The van der Waals surface area contributed by atoms with E-state index in [0.717, 1.165) is 53.9 Å². The van der Waals surface area contributed by atoms with E-state index in [1.54, 1.807) is 12.4 Å². The van der Waals surface area contributed by atoms with Gasteiger partial charge in [-0.25, -0.2) is 4.98 Å². The van der Waals surface area contributed by atoms with Crippen LogP contribution in [0, 0.1) is 12.8 Å². The van der Waals surface area contributed by atoms with E-state index in [2.05, 4.69) is 40.9 Å². The zero-order valence-corrected chi connectivity index (χ0v) is 18.8. The minimum Gasteiger partial charge on any atom is -0.336 e. The van der Waals surface area contributed by atoms with Crippen LogP contribution in [0.4, 0.5) is 0 Å². The number of imidazole rings is 1. The first-order valence-electron chi connectivity index (χ1n) is 11.2. The van der Waals surface area contributed by atoms with Gasteiger partial charge < -0.3 is 9.47 Å². The zero-order valence-electron chi connectivity index (χ0n) is 18.8. The molecule has 2 atom stereocenters.